The van der Waals surface area contributed by atoms with E-state index in [0.29, 0.717) is 11.1 Å². The van der Waals surface area contributed by atoms with Crippen LogP contribution < -0.4 is 0 Å². The molecule has 0 unspecified atom stereocenters. The number of para-hydroxylation sites is 1. The molecule has 2 heteroatoms. The first-order chi connectivity index (χ1) is 8.47. The first kappa shape index (κ1) is 12.3. The molecular formula is C16H15NO. The van der Waals surface area contributed by atoms with E-state index in [1.807, 2.05) is 45.0 Å². The van der Waals surface area contributed by atoms with E-state index in [1.165, 1.54) is 0 Å². The molecule has 2 aromatic rings. The van der Waals surface area contributed by atoms with Crippen LogP contribution in [0.1, 0.15) is 31.1 Å². The van der Waals surface area contributed by atoms with Gasteiger partial charge in [-0.15, -0.1) is 0 Å². The third-order valence-electron chi connectivity index (χ3n) is 2.43. The van der Waals surface area contributed by atoms with Crippen molar-refractivity contribution < 1.29 is 4.79 Å². The minimum atomic E-state index is -0.173. The van der Waals surface area contributed by atoms with Crippen molar-refractivity contribution >= 4 is 16.7 Å². The van der Waals surface area contributed by atoms with E-state index >= 15 is 0 Å². The molecule has 0 radical (unpaired) electrons. The first-order valence-electron chi connectivity index (χ1n) is 5.89. The zero-order valence-electron chi connectivity index (χ0n) is 10.8. The van der Waals surface area contributed by atoms with E-state index in [0.717, 1.165) is 5.39 Å². The van der Waals surface area contributed by atoms with Crippen LogP contribution in [0, 0.1) is 17.3 Å². The van der Waals surface area contributed by atoms with Gasteiger partial charge in [-0.05, 0) is 38.8 Å². The van der Waals surface area contributed by atoms with Crippen LogP contribution in [0.2, 0.25) is 0 Å². The first-order valence-corrected chi connectivity index (χ1v) is 5.89. The minimum Gasteiger partial charge on any atom is -0.279 e. The molecule has 18 heavy (non-hydrogen) atoms. The van der Waals surface area contributed by atoms with E-state index in [1.54, 1.807) is 12.3 Å². The van der Waals surface area contributed by atoms with Crippen molar-refractivity contribution in [3.8, 4) is 11.8 Å². The minimum absolute atomic E-state index is 0.172. The molecule has 0 saturated heterocycles. The normalized spacial score (nSPS) is 10.8. The Labute approximate surface area is 107 Å². The van der Waals surface area contributed by atoms with Gasteiger partial charge in [-0.25, -0.2) is 0 Å². The Morgan fingerprint density at radius 1 is 1.17 bits per heavy atom. The maximum absolute atomic E-state index is 12.1. The van der Waals surface area contributed by atoms with Crippen molar-refractivity contribution in [3.63, 3.8) is 0 Å². The van der Waals surface area contributed by atoms with Crippen LogP contribution in [0.3, 0.4) is 0 Å². The van der Waals surface area contributed by atoms with Gasteiger partial charge in [0.15, 0.2) is 0 Å². The molecule has 0 aliphatic rings. The molecule has 1 heterocycles. The lowest BCUT2D eigenvalue weighted by atomic mass is 9.97. The molecule has 0 bridgehead atoms. The van der Waals surface area contributed by atoms with Gasteiger partial charge in [-0.1, -0.05) is 24.1 Å². The van der Waals surface area contributed by atoms with Crippen molar-refractivity contribution in [2.75, 3.05) is 0 Å². The number of carbonyl (C=O) groups is 1. The largest absolute Gasteiger partial charge is 0.279 e. The number of hydrogen-bond acceptors (Lipinski definition) is 2. The van der Waals surface area contributed by atoms with Gasteiger partial charge >= 0.3 is 0 Å². The van der Waals surface area contributed by atoms with Gasteiger partial charge in [0.05, 0.1) is 11.1 Å². The summed E-state index contributed by atoms with van der Waals surface area (Å²) in [6, 6.07) is 9.37. The molecule has 0 spiro atoms. The van der Waals surface area contributed by atoms with Crippen LogP contribution in [-0.2, 0) is 0 Å². The molecule has 0 amide bonds. The highest BCUT2D eigenvalue weighted by Gasteiger charge is 2.10. The van der Waals surface area contributed by atoms with Crippen molar-refractivity contribution in [3.05, 3.63) is 42.1 Å². The summed E-state index contributed by atoms with van der Waals surface area (Å²) in [6.07, 6.45) is 1.69. The van der Waals surface area contributed by atoms with Gasteiger partial charge in [0.2, 0.25) is 5.78 Å². The quantitative estimate of drug-likeness (QED) is 0.432. The highest BCUT2D eigenvalue weighted by molar-refractivity contribution is 6.15. The molecule has 0 aliphatic heterocycles. The fourth-order valence-electron chi connectivity index (χ4n) is 1.60. The second-order valence-electron chi connectivity index (χ2n) is 5.21. The van der Waals surface area contributed by atoms with Gasteiger partial charge in [-0.2, -0.15) is 0 Å². The second-order valence-corrected chi connectivity index (χ2v) is 5.21. The topological polar surface area (TPSA) is 30.0 Å². The van der Waals surface area contributed by atoms with Crippen LogP contribution >= 0.6 is 0 Å². The average molecular weight is 237 g/mol. The van der Waals surface area contributed by atoms with Crippen LogP contribution in [0.25, 0.3) is 10.9 Å². The van der Waals surface area contributed by atoms with E-state index in [2.05, 4.69) is 16.8 Å². The molecule has 0 saturated carbocycles. The third-order valence-corrected chi connectivity index (χ3v) is 2.43. The monoisotopic (exact) mass is 237 g/mol. The number of benzene rings is 1. The summed E-state index contributed by atoms with van der Waals surface area (Å²) in [7, 11) is 0. The number of aromatic nitrogens is 1. The van der Waals surface area contributed by atoms with Gasteiger partial charge in [0.1, 0.15) is 0 Å². The number of Topliss-reactive ketones (excluding diaryl/α,β-unsaturated/α-hetero) is 1. The maximum Gasteiger partial charge on any atom is 0.238 e. The zero-order chi connectivity index (χ0) is 13.2. The highest BCUT2D eigenvalue weighted by Crippen LogP contribution is 2.16. The lowest BCUT2D eigenvalue weighted by Gasteiger charge is -2.06. The molecule has 1 aromatic heterocycles. The second kappa shape index (κ2) is 4.62. The Kier molecular flexibility index (Phi) is 3.16. The molecule has 0 atom stereocenters. The fourth-order valence-corrected chi connectivity index (χ4v) is 1.60. The Balaban J connectivity index is 2.48. The zero-order valence-corrected chi connectivity index (χ0v) is 10.8. The standard InChI is InChI=1S/C16H15NO/c1-16(2,3)10-9-14(18)13-8-4-6-12-7-5-11-17-15(12)13/h4-8,11H,1-3H3. The summed E-state index contributed by atoms with van der Waals surface area (Å²) in [4.78, 5) is 16.3. The van der Waals surface area contributed by atoms with Crippen molar-refractivity contribution in [2.24, 2.45) is 5.41 Å². The summed E-state index contributed by atoms with van der Waals surface area (Å²) in [5.74, 6) is 5.49. The fraction of sp³-hybridized carbons (Fsp3) is 0.250. The number of carbonyl (C=O) groups excluding carboxylic acids is 1. The smallest absolute Gasteiger partial charge is 0.238 e. The highest BCUT2D eigenvalue weighted by atomic mass is 16.1. The van der Waals surface area contributed by atoms with Gasteiger partial charge in [0.25, 0.3) is 0 Å². The number of hydrogen-bond donors (Lipinski definition) is 0. The van der Waals surface area contributed by atoms with Crippen LogP contribution in [0.4, 0.5) is 0 Å². The summed E-state index contributed by atoms with van der Waals surface area (Å²) < 4.78 is 0. The van der Waals surface area contributed by atoms with Gasteiger partial charge in [0, 0.05) is 17.0 Å². The van der Waals surface area contributed by atoms with Crippen molar-refractivity contribution in [2.45, 2.75) is 20.8 Å². The molecule has 1 aromatic carbocycles. The Hall–Kier alpha value is -2.14. The molecule has 2 rings (SSSR count). The summed E-state index contributed by atoms with van der Waals surface area (Å²) >= 11 is 0. The summed E-state index contributed by atoms with van der Waals surface area (Å²) in [5, 5.41) is 0.959. The van der Waals surface area contributed by atoms with Crippen molar-refractivity contribution in [1.29, 1.82) is 0 Å². The summed E-state index contributed by atoms with van der Waals surface area (Å²) in [6.45, 7) is 5.94. The molecule has 0 aliphatic carbocycles. The summed E-state index contributed by atoms with van der Waals surface area (Å²) in [5.41, 5.74) is 1.12. The van der Waals surface area contributed by atoms with E-state index in [4.69, 9.17) is 0 Å². The number of nitrogens with zero attached hydrogens (tertiary/aromatic N) is 1. The molecule has 0 N–H and O–H groups in total. The van der Waals surface area contributed by atoms with Crippen LogP contribution in [0.5, 0.6) is 0 Å². The Morgan fingerprint density at radius 3 is 2.61 bits per heavy atom. The number of pyridine rings is 1. The van der Waals surface area contributed by atoms with Crippen molar-refractivity contribution in [1.82, 2.24) is 4.98 Å². The lowest BCUT2D eigenvalue weighted by Crippen LogP contribution is -2.03. The predicted octanol–water partition coefficient (Wildman–Crippen LogP) is 3.47. The van der Waals surface area contributed by atoms with Gasteiger partial charge in [-0.3, -0.25) is 9.78 Å². The Morgan fingerprint density at radius 2 is 1.89 bits per heavy atom. The predicted molar refractivity (Wildman–Crippen MR) is 73.3 cm³/mol. The number of ketones is 1. The number of rotatable bonds is 1. The van der Waals surface area contributed by atoms with Gasteiger partial charge < -0.3 is 0 Å². The third kappa shape index (κ3) is 2.75. The lowest BCUT2D eigenvalue weighted by molar-refractivity contribution is 0.105. The van der Waals surface area contributed by atoms with Crippen LogP contribution in [-0.4, -0.2) is 10.8 Å². The molecular weight excluding hydrogens is 222 g/mol. The molecule has 90 valence electrons. The number of fused-ring (bicyclic) bond motifs is 1. The Bertz CT molecular complexity index is 649. The average Bonchev–Trinajstić information content (AvgIpc) is 2.34. The van der Waals surface area contributed by atoms with Crippen LogP contribution in [0.15, 0.2) is 36.5 Å². The van der Waals surface area contributed by atoms with E-state index in [-0.39, 0.29) is 11.2 Å². The maximum atomic E-state index is 12.1. The SMILES string of the molecule is CC(C)(C)C#CC(=O)c1cccc2cccnc12. The molecule has 2 nitrogen and oxygen atoms in total. The van der Waals surface area contributed by atoms with E-state index in [9.17, 15) is 4.79 Å². The molecule has 0 fully saturated rings. The van der Waals surface area contributed by atoms with E-state index < -0.39 is 0 Å².